The molecule has 0 radical (unpaired) electrons. The number of fused-ring (bicyclic) bond motifs is 1. The number of para-hydroxylation sites is 1. The lowest BCUT2D eigenvalue weighted by Gasteiger charge is -2.37. The number of carbonyl (C=O) groups excluding carboxylic acids is 1. The van der Waals surface area contributed by atoms with Gasteiger partial charge in [-0.1, -0.05) is 53.5 Å². The summed E-state index contributed by atoms with van der Waals surface area (Å²) < 4.78 is 33.9. The zero-order valence-electron chi connectivity index (χ0n) is 17.6. The number of ether oxygens (including phenoxy) is 1. The summed E-state index contributed by atoms with van der Waals surface area (Å²) >= 11 is 11.9. The Morgan fingerprint density at radius 1 is 1.00 bits per heavy atom. The zero-order chi connectivity index (χ0) is 23.4. The van der Waals surface area contributed by atoms with Gasteiger partial charge in [0.25, 0.3) is 10.0 Å². The molecule has 1 aliphatic rings. The third-order valence-corrected chi connectivity index (χ3v) is 7.78. The van der Waals surface area contributed by atoms with Gasteiger partial charge in [0.2, 0.25) is 0 Å². The SMILES string of the molecule is O=C(NCc1cccc(Cl)c1)OCC1CCc2ccccc2N1S(=O)(=O)c1ccc(Cl)cc1. The molecule has 1 atom stereocenters. The third-order valence-electron chi connectivity index (χ3n) is 5.41. The van der Waals surface area contributed by atoms with Gasteiger partial charge in [-0.25, -0.2) is 13.2 Å². The fourth-order valence-corrected chi connectivity index (χ4v) is 5.86. The maximum atomic E-state index is 13.6. The van der Waals surface area contributed by atoms with E-state index in [9.17, 15) is 13.2 Å². The first-order valence-corrected chi connectivity index (χ1v) is 12.6. The standard InChI is InChI=1S/C24H22Cl2N2O4S/c25-19-9-12-22(13-10-19)33(30,31)28-21(11-8-18-5-1-2-7-23(18)28)16-32-24(29)27-15-17-4-3-6-20(26)14-17/h1-7,9-10,12-14,21H,8,11,15-16H2,(H,27,29). The van der Waals surface area contributed by atoms with Crippen LogP contribution in [0.5, 0.6) is 0 Å². The summed E-state index contributed by atoms with van der Waals surface area (Å²) in [6.07, 6.45) is 0.574. The molecule has 9 heteroatoms. The van der Waals surface area contributed by atoms with Gasteiger partial charge in [-0.15, -0.1) is 0 Å². The first-order valence-electron chi connectivity index (χ1n) is 10.4. The molecule has 0 saturated carbocycles. The van der Waals surface area contributed by atoms with Gasteiger partial charge >= 0.3 is 6.09 Å². The van der Waals surface area contributed by atoms with Crippen molar-refractivity contribution in [3.8, 4) is 0 Å². The Morgan fingerprint density at radius 3 is 2.52 bits per heavy atom. The molecule has 3 aromatic carbocycles. The maximum Gasteiger partial charge on any atom is 0.407 e. The van der Waals surface area contributed by atoms with Crippen molar-refractivity contribution in [2.45, 2.75) is 30.3 Å². The van der Waals surface area contributed by atoms with Crippen molar-refractivity contribution in [3.63, 3.8) is 0 Å². The monoisotopic (exact) mass is 504 g/mol. The van der Waals surface area contributed by atoms with Crippen molar-refractivity contribution < 1.29 is 17.9 Å². The number of hydrogen-bond donors (Lipinski definition) is 1. The number of aryl methyl sites for hydroxylation is 1. The average Bonchev–Trinajstić information content (AvgIpc) is 2.81. The summed E-state index contributed by atoms with van der Waals surface area (Å²) in [6.45, 7) is 0.169. The highest BCUT2D eigenvalue weighted by Crippen LogP contribution is 2.35. The van der Waals surface area contributed by atoms with Crippen LogP contribution in [0.1, 0.15) is 17.5 Å². The Labute approximate surface area is 203 Å². The lowest BCUT2D eigenvalue weighted by molar-refractivity contribution is 0.137. The largest absolute Gasteiger partial charge is 0.447 e. The van der Waals surface area contributed by atoms with Crippen LogP contribution in [-0.2, 0) is 27.7 Å². The Kier molecular flexibility index (Phi) is 7.12. The predicted molar refractivity (Wildman–Crippen MR) is 129 cm³/mol. The molecule has 1 N–H and O–H groups in total. The number of nitrogens with zero attached hydrogens (tertiary/aromatic N) is 1. The molecule has 0 saturated heterocycles. The molecule has 1 unspecified atom stereocenters. The minimum absolute atomic E-state index is 0.0808. The van der Waals surface area contributed by atoms with Gasteiger partial charge in [0.05, 0.1) is 16.6 Å². The molecule has 4 rings (SSSR count). The number of anilines is 1. The zero-order valence-corrected chi connectivity index (χ0v) is 19.9. The number of sulfonamides is 1. The van der Waals surface area contributed by atoms with Crippen LogP contribution >= 0.6 is 23.2 Å². The Balaban J connectivity index is 1.51. The van der Waals surface area contributed by atoms with E-state index in [0.717, 1.165) is 11.1 Å². The quantitative estimate of drug-likeness (QED) is 0.485. The van der Waals surface area contributed by atoms with Crippen LogP contribution in [0.4, 0.5) is 10.5 Å². The molecule has 0 fully saturated rings. The van der Waals surface area contributed by atoms with Crippen LogP contribution in [0.15, 0.2) is 77.7 Å². The van der Waals surface area contributed by atoms with E-state index >= 15 is 0 Å². The Bertz CT molecular complexity index is 1250. The minimum atomic E-state index is -3.90. The number of hydrogen-bond acceptors (Lipinski definition) is 4. The van der Waals surface area contributed by atoms with Gasteiger partial charge in [-0.2, -0.15) is 0 Å². The Morgan fingerprint density at radius 2 is 1.76 bits per heavy atom. The summed E-state index contributed by atoms with van der Waals surface area (Å²) in [6, 6.07) is 20.0. The molecule has 0 aliphatic carbocycles. The summed E-state index contributed by atoms with van der Waals surface area (Å²) in [4.78, 5) is 12.4. The molecule has 33 heavy (non-hydrogen) atoms. The molecule has 0 spiro atoms. The average molecular weight is 505 g/mol. The first kappa shape index (κ1) is 23.4. The predicted octanol–water partition coefficient (Wildman–Crippen LogP) is 5.43. The van der Waals surface area contributed by atoms with E-state index in [1.807, 2.05) is 18.2 Å². The number of rotatable bonds is 6. The molecule has 1 heterocycles. The molecule has 0 bridgehead atoms. The van der Waals surface area contributed by atoms with Crippen LogP contribution < -0.4 is 9.62 Å². The molecular weight excluding hydrogens is 483 g/mol. The van der Waals surface area contributed by atoms with Gasteiger partial charge in [0.1, 0.15) is 6.61 Å². The number of nitrogens with one attached hydrogen (secondary N) is 1. The fraction of sp³-hybridized carbons (Fsp3) is 0.208. The molecular formula is C24H22Cl2N2O4S. The van der Waals surface area contributed by atoms with Crippen LogP contribution in [0.2, 0.25) is 10.0 Å². The lowest BCUT2D eigenvalue weighted by Crippen LogP contribution is -2.47. The van der Waals surface area contributed by atoms with E-state index in [-0.39, 0.29) is 18.0 Å². The minimum Gasteiger partial charge on any atom is -0.447 e. The molecule has 1 amide bonds. The van der Waals surface area contributed by atoms with Crippen molar-refractivity contribution in [1.29, 1.82) is 0 Å². The van der Waals surface area contributed by atoms with Gasteiger partial charge < -0.3 is 10.1 Å². The van der Waals surface area contributed by atoms with Crippen LogP contribution in [-0.4, -0.2) is 27.2 Å². The van der Waals surface area contributed by atoms with Crippen molar-refractivity contribution in [2.24, 2.45) is 0 Å². The van der Waals surface area contributed by atoms with Crippen molar-refractivity contribution >= 4 is 45.0 Å². The van der Waals surface area contributed by atoms with Crippen LogP contribution in [0, 0.1) is 0 Å². The highest BCUT2D eigenvalue weighted by atomic mass is 35.5. The van der Waals surface area contributed by atoms with Gasteiger partial charge in [-0.05, 0) is 66.4 Å². The molecule has 172 valence electrons. The van der Waals surface area contributed by atoms with E-state index in [2.05, 4.69) is 5.32 Å². The molecule has 0 aromatic heterocycles. The van der Waals surface area contributed by atoms with Crippen molar-refractivity contribution in [1.82, 2.24) is 5.32 Å². The van der Waals surface area contributed by atoms with Gasteiger partial charge in [-0.3, -0.25) is 4.31 Å². The number of benzene rings is 3. The Hall–Kier alpha value is -2.74. The first-order chi connectivity index (χ1) is 15.8. The smallest absolute Gasteiger partial charge is 0.407 e. The number of halogens is 2. The van der Waals surface area contributed by atoms with E-state index in [1.165, 1.54) is 16.4 Å². The van der Waals surface area contributed by atoms with E-state index < -0.39 is 22.2 Å². The molecule has 1 aliphatic heterocycles. The summed E-state index contributed by atoms with van der Waals surface area (Å²) in [7, 11) is -3.90. The summed E-state index contributed by atoms with van der Waals surface area (Å²) in [5.74, 6) is 0. The number of amides is 1. The van der Waals surface area contributed by atoms with Crippen molar-refractivity contribution in [2.75, 3.05) is 10.9 Å². The van der Waals surface area contributed by atoms with E-state index in [4.69, 9.17) is 27.9 Å². The second-order valence-corrected chi connectivity index (χ2v) is 10.3. The summed E-state index contributed by atoms with van der Waals surface area (Å²) in [5.41, 5.74) is 2.35. The molecule has 3 aromatic rings. The summed E-state index contributed by atoms with van der Waals surface area (Å²) in [5, 5.41) is 3.70. The number of alkyl carbamates (subject to hydrolysis) is 1. The van der Waals surface area contributed by atoms with E-state index in [1.54, 1.807) is 42.5 Å². The van der Waals surface area contributed by atoms with Crippen LogP contribution in [0.3, 0.4) is 0 Å². The van der Waals surface area contributed by atoms with Gasteiger partial charge in [0.15, 0.2) is 0 Å². The topological polar surface area (TPSA) is 75.7 Å². The highest BCUT2D eigenvalue weighted by Gasteiger charge is 2.36. The fourth-order valence-electron chi connectivity index (χ4n) is 3.81. The van der Waals surface area contributed by atoms with Crippen LogP contribution in [0.25, 0.3) is 0 Å². The highest BCUT2D eigenvalue weighted by molar-refractivity contribution is 7.92. The maximum absolute atomic E-state index is 13.6. The van der Waals surface area contributed by atoms with E-state index in [0.29, 0.717) is 28.6 Å². The van der Waals surface area contributed by atoms with Gasteiger partial charge in [0, 0.05) is 16.6 Å². The lowest BCUT2D eigenvalue weighted by atomic mass is 9.98. The van der Waals surface area contributed by atoms with Crippen molar-refractivity contribution in [3.05, 3.63) is 94.0 Å². The second-order valence-electron chi connectivity index (χ2n) is 7.66. The second kappa shape index (κ2) is 10.0. The number of carbonyl (C=O) groups is 1. The normalized spacial score (nSPS) is 15.6. The third kappa shape index (κ3) is 5.43. The molecule has 6 nitrogen and oxygen atoms in total.